The maximum Gasteiger partial charge on any atom is 0.308 e. The number of esters is 1. The fourth-order valence-electron chi connectivity index (χ4n) is 3.27. The number of hydrogen-bond donors (Lipinski definition) is 1. The number of phenolic OH excluding ortho intramolecular Hbond substituents is 1. The molecule has 4 heteroatoms. The van der Waals surface area contributed by atoms with Gasteiger partial charge in [0, 0.05) is 18.6 Å². The van der Waals surface area contributed by atoms with E-state index in [4.69, 9.17) is 9.47 Å². The molecule has 0 unspecified atom stereocenters. The summed E-state index contributed by atoms with van der Waals surface area (Å²) in [6, 6.07) is 3.13. The molecule has 0 aromatic heterocycles. The van der Waals surface area contributed by atoms with Crippen molar-refractivity contribution in [2.75, 3.05) is 7.11 Å². The lowest BCUT2D eigenvalue weighted by molar-refractivity contribution is -0.132. The molecule has 0 amide bonds. The van der Waals surface area contributed by atoms with E-state index >= 15 is 0 Å². The minimum absolute atomic E-state index is 0.129. The van der Waals surface area contributed by atoms with Gasteiger partial charge < -0.3 is 14.6 Å². The first-order valence-electron chi connectivity index (χ1n) is 10.8. The Morgan fingerprint density at radius 3 is 2.18 bits per heavy atom. The molecule has 0 saturated carbocycles. The Kier molecular flexibility index (Phi) is 12.9. The molecule has 1 aromatic carbocycles. The Labute approximate surface area is 170 Å². The maximum absolute atomic E-state index is 11.4. The second kappa shape index (κ2) is 15.0. The molecule has 0 fully saturated rings. The SMILES string of the molecule is CCCCCCC=CCCCCCCCc1cc(O)cc(OC)c1OC(C)=O. The van der Waals surface area contributed by atoms with Crippen LogP contribution in [-0.2, 0) is 11.2 Å². The van der Waals surface area contributed by atoms with E-state index in [1.165, 1.54) is 77.9 Å². The molecule has 0 bridgehead atoms. The molecule has 1 aromatic rings. The number of aromatic hydroxyl groups is 1. The van der Waals surface area contributed by atoms with E-state index in [1.807, 2.05) is 0 Å². The first kappa shape index (κ1) is 24.1. The lowest BCUT2D eigenvalue weighted by atomic mass is 10.0. The van der Waals surface area contributed by atoms with E-state index < -0.39 is 0 Å². The summed E-state index contributed by atoms with van der Waals surface area (Å²) in [5.41, 5.74) is 0.818. The van der Waals surface area contributed by atoms with Gasteiger partial charge in [-0.1, -0.05) is 57.6 Å². The van der Waals surface area contributed by atoms with Crippen LogP contribution in [0.5, 0.6) is 17.2 Å². The van der Waals surface area contributed by atoms with Gasteiger partial charge in [-0.25, -0.2) is 0 Å². The third kappa shape index (κ3) is 10.4. The van der Waals surface area contributed by atoms with E-state index in [-0.39, 0.29) is 11.7 Å². The van der Waals surface area contributed by atoms with Crippen LogP contribution in [0.2, 0.25) is 0 Å². The monoisotopic (exact) mass is 390 g/mol. The smallest absolute Gasteiger partial charge is 0.308 e. The average Bonchev–Trinajstić information content (AvgIpc) is 2.66. The molecule has 28 heavy (non-hydrogen) atoms. The molecule has 0 aliphatic carbocycles. The van der Waals surface area contributed by atoms with E-state index in [0.717, 1.165) is 24.8 Å². The molecule has 0 atom stereocenters. The Bertz CT molecular complexity index is 593. The first-order chi connectivity index (χ1) is 13.6. The van der Waals surface area contributed by atoms with Crippen LogP contribution in [0.15, 0.2) is 24.3 Å². The van der Waals surface area contributed by atoms with Crippen molar-refractivity contribution in [3.05, 3.63) is 29.8 Å². The van der Waals surface area contributed by atoms with Gasteiger partial charge in [0.1, 0.15) is 5.75 Å². The lowest BCUT2D eigenvalue weighted by Gasteiger charge is -2.14. The number of rotatable bonds is 15. The molecule has 158 valence electrons. The Hall–Kier alpha value is -1.97. The zero-order valence-corrected chi connectivity index (χ0v) is 18.0. The molecule has 0 heterocycles. The third-order valence-electron chi connectivity index (χ3n) is 4.79. The van der Waals surface area contributed by atoms with Gasteiger partial charge in [0.15, 0.2) is 11.5 Å². The Morgan fingerprint density at radius 1 is 0.964 bits per heavy atom. The predicted molar refractivity (Wildman–Crippen MR) is 115 cm³/mol. The highest BCUT2D eigenvalue weighted by atomic mass is 16.6. The van der Waals surface area contributed by atoms with Crippen molar-refractivity contribution in [1.29, 1.82) is 0 Å². The number of hydrogen-bond acceptors (Lipinski definition) is 4. The fraction of sp³-hybridized carbons (Fsp3) is 0.625. The summed E-state index contributed by atoms with van der Waals surface area (Å²) in [5.74, 6) is 0.566. The summed E-state index contributed by atoms with van der Waals surface area (Å²) in [7, 11) is 1.51. The van der Waals surface area contributed by atoms with Crippen LogP contribution in [0.25, 0.3) is 0 Å². The van der Waals surface area contributed by atoms with Crippen molar-refractivity contribution < 1.29 is 19.4 Å². The van der Waals surface area contributed by atoms with Crippen LogP contribution < -0.4 is 9.47 Å². The topological polar surface area (TPSA) is 55.8 Å². The summed E-state index contributed by atoms with van der Waals surface area (Å²) in [5, 5.41) is 9.86. The molecule has 1 rings (SSSR count). The van der Waals surface area contributed by atoms with Crippen molar-refractivity contribution in [3.63, 3.8) is 0 Å². The molecule has 0 aliphatic rings. The maximum atomic E-state index is 11.4. The fourth-order valence-corrected chi connectivity index (χ4v) is 3.27. The van der Waals surface area contributed by atoms with Crippen molar-refractivity contribution in [3.8, 4) is 17.2 Å². The Morgan fingerprint density at radius 2 is 1.57 bits per heavy atom. The largest absolute Gasteiger partial charge is 0.508 e. The van der Waals surface area contributed by atoms with Crippen LogP contribution in [0.3, 0.4) is 0 Å². The summed E-state index contributed by atoms with van der Waals surface area (Å²) in [6.45, 7) is 3.62. The quantitative estimate of drug-likeness (QED) is 0.156. The summed E-state index contributed by atoms with van der Waals surface area (Å²) in [6.07, 6.45) is 18.9. The summed E-state index contributed by atoms with van der Waals surface area (Å²) >= 11 is 0. The Balaban J connectivity index is 2.25. The molecular weight excluding hydrogens is 352 g/mol. The zero-order valence-electron chi connectivity index (χ0n) is 18.0. The van der Waals surface area contributed by atoms with E-state index in [1.54, 1.807) is 6.07 Å². The van der Waals surface area contributed by atoms with Crippen LogP contribution >= 0.6 is 0 Å². The number of phenols is 1. The second-order valence-corrected chi connectivity index (χ2v) is 7.36. The normalized spacial score (nSPS) is 11.1. The molecular formula is C24H38O4. The van der Waals surface area contributed by atoms with Gasteiger partial charge in [-0.3, -0.25) is 4.79 Å². The number of carbonyl (C=O) groups excluding carboxylic acids is 1. The highest BCUT2D eigenvalue weighted by Crippen LogP contribution is 2.36. The van der Waals surface area contributed by atoms with Gasteiger partial charge in [0.05, 0.1) is 7.11 Å². The summed E-state index contributed by atoms with van der Waals surface area (Å²) < 4.78 is 10.5. The summed E-state index contributed by atoms with van der Waals surface area (Å²) in [4.78, 5) is 11.4. The van der Waals surface area contributed by atoms with Crippen LogP contribution in [-0.4, -0.2) is 18.2 Å². The molecule has 0 aliphatic heterocycles. The third-order valence-corrected chi connectivity index (χ3v) is 4.79. The van der Waals surface area contributed by atoms with Crippen LogP contribution in [0.1, 0.15) is 90.0 Å². The second-order valence-electron chi connectivity index (χ2n) is 7.36. The highest BCUT2D eigenvalue weighted by molar-refractivity contribution is 5.71. The van der Waals surface area contributed by atoms with Gasteiger partial charge in [-0.15, -0.1) is 0 Å². The van der Waals surface area contributed by atoms with Gasteiger partial charge in [0.2, 0.25) is 0 Å². The number of ether oxygens (including phenoxy) is 2. The lowest BCUT2D eigenvalue weighted by Crippen LogP contribution is -2.06. The van der Waals surface area contributed by atoms with E-state index in [0.29, 0.717) is 11.5 Å². The van der Waals surface area contributed by atoms with Gasteiger partial charge >= 0.3 is 5.97 Å². The minimum atomic E-state index is -0.386. The average molecular weight is 391 g/mol. The molecule has 0 spiro atoms. The van der Waals surface area contributed by atoms with Crippen LogP contribution in [0.4, 0.5) is 0 Å². The number of allylic oxidation sites excluding steroid dienone is 2. The number of methoxy groups -OCH3 is 1. The van der Waals surface area contributed by atoms with Gasteiger partial charge in [-0.05, 0) is 44.6 Å². The highest BCUT2D eigenvalue weighted by Gasteiger charge is 2.15. The van der Waals surface area contributed by atoms with Gasteiger partial charge in [0.25, 0.3) is 0 Å². The number of aryl methyl sites for hydroxylation is 1. The van der Waals surface area contributed by atoms with Crippen molar-refractivity contribution in [1.82, 2.24) is 0 Å². The predicted octanol–water partition coefficient (Wildman–Crippen LogP) is 6.74. The first-order valence-corrected chi connectivity index (χ1v) is 10.8. The van der Waals surface area contributed by atoms with E-state index in [9.17, 15) is 9.90 Å². The van der Waals surface area contributed by atoms with Crippen molar-refractivity contribution in [2.45, 2.75) is 90.9 Å². The minimum Gasteiger partial charge on any atom is -0.508 e. The van der Waals surface area contributed by atoms with Crippen molar-refractivity contribution in [2.24, 2.45) is 0 Å². The standard InChI is InChI=1S/C24H38O4/c1-4-5-6-7-8-9-10-11-12-13-14-15-16-17-21-18-22(26)19-23(27-3)24(21)28-20(2)25/h9-10,18-19,26H,4-8,11-17H2,1-3H3. The van der Waals surface area contributed by atoms with Crippen LogP contribution in [0, 0.1) is 0 Å². The zero-order chi connectivity index (χ0) is 20.6. The van der Waals surface area contributed by atoms with Gasteiger partial charge in [-0.2, -0.15) is 0 Å². The number of unbranched alkanes of at least 4 members (excludes halogenated alkanes) is 9. The molecule has 0 radical (unpaired) electrons. The molecule has 4 nitrogen and oxygen atoms in total. The molecule has 0 saturated heterocycles. The number of carbonyl (C=O) groups is 1. The van der Waals surface area contributed by atoms with E-state index in [2.05, 4.69) is 19.1 Å². The number of benzene rings is 1. The molecule has 1 N–H and O–H groups in total. The van der Waals surface area contributed by atoms with Crippen molar-refractivity contribution >= 4 is 5.97 Å².